The Morgan fingerprint density at radius 2 is 2.33 bits per heavy atom. The van der Waals surface area contributed by atoms with E-state index in [0.29, 0.717) is 0 Å². The highest BCUT2D eigenvalue weighted by Crippen LogP contribution is 2.27. The molecule has 0 aromatic heterocycles. The minimum atomic E-state index is -1.57. The Kier molecular flexibility index (Phi) is 1.94. The third-order valence-electron chi connectivity index (χ3n) is 1.82. The van der Waals surface area contributed by atoms with Gasteiger partial charge in [-0.05, 0) is 13.0 Å². The zero-order valence-corrected chi connectivity index (χ0v) is 6.52. The van der Waals surface area contributed by atoms with Gasteiger partial charge in [0.25, 0.3) is 0 Å². The van der Waals surface area contributed by atoms with Crippen LogP contribution in [-0.4, -0.2) is 21.8 Å². The molecule has 1 aliphatic carbocycles. The molecule has 2 atom stereocenters. The lowest BCUT2D eigenvalue weighted by Crippen LogP contribution is -2.46. The van der Waals surface area contributed by atoms with Gasteiger partial charge in [-0.1, -0.05) is 12.2 Å². The Labute approximate surface area is 69.5 Å². The van der Waals surface area contributed by atoms with E-state index in [1.54, 1.807) is 0 Å². The van der Waals surface area contributed by atoms with Crippen LogP contribution in [-0.2, 0) is 4.79 Å². The Hall–Kier alpha value is -1.29. The maximum Gasteiger partial charge on any atom is 0.104 e. The van der Waals surface area contributed by atoms with Crippen LogP contribution < -0.4 is 5.11 Å². The lowest BCUT2D eigenvalue weighted by atomic mass is 9.84. The smallest absolute Gasteiger partial charge is 0.104 e. The van der Waals surface area contributed by atoms with Crippen LogP contribution in [0.2, 0.25) is 0 Å². The molecule has 0 saturated carbocycles. The van der Waals surface area contributed by atoms with Crippen LogP contribution in [0.5, 0.6) is 0 Å². The summed E-state index contributed by atoms with van der Waals surface area (Å²) < 4.78 is 0. The molecule has 0 radical (unpaired) electrons. The van der Waals surface area contributed by atoms with Crippen molar-refractivity contribution in [3.63, 3.8) is 0 Å². The number of aliphatic hydroxyl groups excluding tert-OH is 1. The van der Waals surface area contributed by atoms with Crippen molar-refractivity contribution < 1.29 is 20.1 Å². The van der Waals surface area contributed by atoms with E-state index in [2.05, 4.69) is 0 Å². The van der Waals surface area contributed by atoms with Crippen molar-refractivity contribution in [3.8, 4) is 0 Å². The van der Waals surface area contributed by atoms with Gasteiger partial charge in [0.2, 0.25) is 0 Å². The second-order valence-electron chi connectivity index (χ2n) is 2.93. The first-order valence-electron chi connectivity index (χ1n) is 3.47. The minimum absolute atomic E-state index is 0.387. The van der Waals surface area contributed by atoms with Gasteiger partial charge in [-0.25, -0.2) is 0 Å². The molecule has 4 heteroatoms. The predicted molar refractivity (Wildman–Crippen MR) is 39.0 cm³/mol. The number of carbonyl (C=O) groups is 1. The Morgan fingerprint density at radius 3 is 2.67 bits per heavy atom. The molecule has 0 fully saturated rings. The van der Waals surface area contributed by atoms with E-state index in [1.165, 1.54) is 25.2 Å². The third kappa shape index (κ3) is 1.33. The van der Waals surface area contributed by atoms with Gasteiger partial charge in [-0.2, -0.15) is 0 Å². The average molecular weight is 169 g/mol. The van der Waals surface area contributed by atoms with Crippen molar-refractivity contribution in [2.45, 2.75) is 12.5 Å². The van der Waals surface area contributed by atoms with E-state index in [1.807, 2.05) is 0 Å². The Balaban J connectivity index is 3.03. The number of hydrogen-bond acceptors (Lipinski definition) is 4. The Morgan fingerprint density at radius 1 is 1.75 bits per heavy atom. The lowest BCUT2D eigenvalue weighted by Gasteiger charge is -2.32. The predicted octanol–water partition coefficient (Wildman–Crippen LogP) is -0.885. The summed E-state index contributed by atoms with van der Waals surface area (Å²) in [5.41, 5.74) is -1.57. The van der Waals surface area contributed by atoms with Crippen LogP contribution >= 0.6 is 0 Å². The average Bonchev–Trinajstić information content (AvgIpc) is 1.82. The quantitative estimate of drug-likeness (QED) is 0.534. The summed E-state index contributed by atoms with van der Waals surface area (Å²) in [4.78, 5) is 10.5. The monoisotopic (exact) mass is 169 g/mol. The van der Waals surface area contributed by atoms with Gasteiger partial charge in [0.05, 0.1) is 17.5 Å². The first-order valence-corrected chi connectivity index (χ1v) is 3.47. The zero-order valence-electron chi connectivity index (χ0n) is 6.52. The molecule has 1 aliphatic rings. The fourth-order valence-corrected chi connectivity index (χ4v) is 1.19. The standard InChI is InChI=1S/C8H10O4/c1-8(12)4-2-3-5(9)6(8)7(10)11/h2-4,6,9,12H,1H3,(H,10,11)/p-1. The fourth-order valence-electron chi connectivity index (χ4n) is 1.19. The van der Waals surface area contributed by atoms with Crippen molar-refractivity contribution in [2.75, 3.05) is 0 Å². The molecule has 0 heterocycles. The molecule has 66 valence electrons. The van der Waals surface area contributed by atoms with Gasteiger partial charge >= 0.3 is 0 Å². The highest BCUT2D eigenvalue weighted by atomic mass is 16.4. The van der Waals surface area contributed by atoms with Crippen molar-refractivity contribution >= 4 is 5.97 Å². The Bertz CT molecular complexity index is 262. The number of rotatable bonds is 1. The van der Waals surface area contributed by atoms with Gasteiger partial charge in [0, 0.05) is 0 Å². The summed E-state index contributed by atoms with van der Waals surface area (Å²) in [5, 5.41) is 29.0. The van der Waals surface area contributed by atoms with Gasteiger partial charge in [0.1, 0.15) is 5.76 Å². The molecular formula is C8H9O4-. The van der Waals surface area contributed by atoms with Gasteiger partial charge in [-0.3, -0.25) is 0 Å². The maximum absolute atomic E-state index is 10.5. The molecule has 0 amide bonds. The van der Waals surface area contributed by atoms with Gasteiger partial charge in [0.15, 0.2) is 0 Å². The molecule has 0 aromatic rings. The van der Waals surface area contributed by atoms with E-state index in [0.717, 1.165) is 0 Å². The van der Waals surface area contributed by atoms with Gasteiger partial charge < -0.3 is 20.1 Å². The topological polar surface area (TPSA) is 80.6 Å². The molecule has 4 nitrogen and oxygen atoms in total. The molecule has 0 saturated heterocycles. The van der Waals surface area contributed by atoms with E-state index in [4.69, 9.17) is 5.11 Å². The molecule has 2 unspecified atom stereocenters. The summed E-state index contributed by atoms with van der Waals surface area (Å²) in [6.07, 6.45) is 3.92. The lowest BCUT2D eigenvalue weighted by molar-refractivity contribution is -0.315. The second kappa shape index (κ2) is 2.64. The van der Waals surface area contributed by atoms with E-state index < -0.39 is 17.5 Å². The highest BCUT2D eigenvalue weighted by molar-refractivity contribution is 5.73. The first kappa shape index (κ1) is 8.80. The normalized spacial score (nSPS) is 34.5. The summed E-state index contributed by atoms with van der Waals surface area (Å²) in [6.45, 7) is 1.30. The summed E-state index contributed by atoms with van der Waals surface area (Å²) in [7, 11) is 0. The number of carbonyl (C=O) groups excluding carboxylic acids is 1. The van der Waals surface area contributed by atoms with E-state index >= 15 is 0 Å². The number of aliphatic carboxylic acids is 1. The second-order valence-corrected chi connectivity index (χ2v) is 2.93. The maximum atomic E-state index is 10.5. The summed E-state index contributed by atoms with van der Waals surface area (Å²) in [6, 6.07) is 0. The van der Waals surface area contributed by atoms with Crippen molar-refractivity contribution in [1.29, 1.82) is 0 Å². The third-order valence-corrected chi connectivity index (χ3v) is 1.82. The number of carboxylic acid groups (broad SMARTS) is 1. The summed E-state index contributed by atoms with van der Waals surface area (Å²) in [5.74, 6) is -3.25. The van der Waals surface area contributed by atoms with Crippen LogP contribution in [0.4, 0.5) is 0 Å². The highest BCUT2D eigenvalue weighted by Gasteiger charge is 2.35. The molecular weight excluding hydrogens is 160 g/mol. The number of hydrogen-bond donors (Lipinski definition) is 2. The van der Waals surface area contributed by atoms with Crippen LogP contribution in [0.25, 0.3) is 0 Å². The molecule has 0 aromatic carbocycles. The van der Waals surface area contributed by atoms with Gasteiger partial charge in [-0.15, -0.1) is 0 Å². The number of aliphatic hydroxyl groups is 2. The van der Waals surface area contributed by atoms with Crippen LogP contribution in [0, 0.1) is 5.92 Å². The molecule has 0 aliphatic heterocycles. The van der Waals surface area contributed by atoms with Crippen LogP contribution in [0.3, 0.4) is 0 Å². The van der Waals surface area contributed by atoms with Crippen LogP contribution in [0.1, 0.15) is 6.92 Å². The number of carboxylic acids is 1. The van der Waals surface area contributed by atoms with Crippen molar-refractivity contribution in [1.82, 2.24) is 0 Å². The fraction of sp³-hybridized carbons (Fsp3) is 0.375. The minimum Gasteiger partial charge on any atom is -0.549 e. The first-order chi connectivity index (χ1) is 5.45. The van der Waals surface area contributed by atoms with Crippen molar-refractivity contribution in [3.05, 3.63) is 24.0 Å². The molecule has 12 heavy (non-hydrogen) atoms. The molecule has 1 rings (SSSR count). The molecule has 2 N–H and O–H groups in total. The zero-order chi connectivity index (χ0) is 9.35. The molecule has 0 bridgehead atoms. The SMILES string of the molecule is CC1(O)C=CC=C(O)C1C(=O)[O-]. The van der Waals surface area contributed by atoms with Crippen LogP contribution in [0.15, 0.2) is 24.0 Å². The van der Waals surface area contributed by atoms with E-state index in [9.17, 15) is 15.0 Å². The number of allylic oxidation sites excluding steroid dienone is 2. The van der Waals surface area contributed by atoms with E-state index in [-0.39, 0.29) is 5.76 Å². The largest absolute Gasteiger partial charge is 0.549 e. The molecule has 0 spiro atoms. The summed E-state index contributed by atoms with van der Waals surface area (Å²) >= 11 is 0. The van der Waals surface area contributed by atoms with Crippen molar-refractivity contribution in [2.24, 2.45) is 5.92 Å².